The Hall–Kier alpha value is -0.640. The van der Waals surface area contributed by atoms with Gasteiger partial charge in [0.25, 0.3) is 0 Å². The summed E-state index contributed by atoms with van der Waals surface area (Å²) < 4.78 is 0.850. The van der Waals surface area contributed by atoms with Crippen LogP contribution in [0, 0.1) is 5.92 Å². The molecule has 4 heteroatoms. The zero-order valence-corrected chi connectivity index (χ0v) is 12.7. The van der Waals surface area contributed by atoms with E-state index in [4.69, 9.17) is 0 Å². The van der Waals surface area contributed by atoms with E-state index in [1.165, 1.54) is 12.8 Å². The molecule has 1 N–H and O–H groups in total. The van der Waals surface area contributed by atoms with E-state index in [1.807, 2.05) is 6.07 Å². The molecule has 0 saturated heterocycles. The van der Waals surface area contributed by atoms with Gasteiger partial charge in [0.1, 0.15) is 16.2 Å². The van der Waals surface area contributed by atoms with Crippen LogP contribution in [0.25, 0.3) is 0 Å². The zero-order valence-electron chi connectivity index (χ0n) is 11.1. The van der Waals surface area contributed by atoms with Crippen LogP contribution in [0.3, 0.4) is 0 Å². The van der Waals surface area contributed by atoms with Crippen molar-refractivity contribution in [3.05, 3.63) is 16.5 Å². The average Bonchev–Trinajstić information content (AvgIpc) is 2.25. The predicted molar refractivity (Wildman–Crippen MR) is 76.3 cm³/mol. The minimum Gasteiger partial charge on any atom is -0.367 e. The number of rotatable bonds is 6. The first-order valence-electron chi connectivity index (χ1n) is 6.31. The maximum atomic E-state index is 4.47. The molecule has 0 aliphatic carbocycles. The van der Waals surface area contributed by atoms with Crippen molar-refractivity contribution in [2.75, 3.05) is 5.32 Å². The summed E-state index contributed by atoms with van der Waals surface area (Å²) in [5, 5.41) is 3.43. The minimum atomic E-state index is 0.448. The van der Waals surface area contributed by atoms with E-state index < -0.39 is 0 Å². The van der Waals surface area contributed by atoms with E-state index in [0.29, 0.717) is 6.04 Å². The standard InChI is InChI=1S/C13H22BrN3/c1-5-12-16-11(14)8-13(17-12)15-10(4)7-6-9(2)3/h8-10H,5-7H2,1-4H3,(H,15,16,17). The fourth-order valence-electron chi connectivity index (χ4n) is 1.60. The molecule has 96 valence electrons. The lowest BCUT2D eigenvalue weighted by Crippen LogP contribution is -2.17. The summed E-state index contributed by atoms with van der Waals surface area (Å²) in [7, 11) is 0. The number of aryl methyl sites for hydroxylation is 1. The molecule has 1 atom stereocenters. The average molecular weight is 300 g/mol. The molecule has 0 aromatic carbocycles. The number of anilines is 1. The molecule has 0 saturated carbocycles. The molecule has 0 fully saturated rings. The predicted octanol–water partition coefficient (Wildman–Crippen LogP) is 4.04. The highest BCUT2D eigenvalue weighted by Gasteiger charge is 2.06. The third-order valence-electron chi connectivity index (χ3n) is 2.63. The molecule has 0 aliphatic heterocycles. The van der Waals surface area contributed by atoms with Crippen LogP contribution in [0.1, 0.15) is 46.4 Å². The summed E-state index contributed by atoms with van der Waals surface area (Å²) in [6.07, 6.45) is 3.26. The van der Waals surface area contributed by atoms with Crippen LogP contribution in [0.4, 0.5) is 5.82 Å². The fraction of sp³-hybridized carbons (Fsp3) is 0.692. The maximum Gasteiger partial charge on any atom is 0.131 e. The van der Waals surface area contributed by atoms with Gasteiger partial charge in [0.05, 0.1) is 0 Å². The van der Waals surface area contributed by atoms with Gasteiger partial charge in [0.15, 0.2) is 0 Å². The van der Waals surface area contributed by atoms with Crippen molar-refractivity contribution in [3.8, 4) is 0 Å². The second-order valence-electron chi connectivity index (χ2n) is 4.86. The molecule has 1 aromatic heterocycles. The lowest BCUT2D eigenvalue weighted by atomic mass is 10.0. The first-order valence-corrected chi connectivity index (χ1v) is 7.10. The molecule has 17 heavy (non-hydrogen) atoms. The lowest BCUT2D eigenvalue weighted by Gasteiger charge is -2.16. The number of hydrogen-bond acceptors (Lipinski definition) is 3. The van der Waals surface area contributed by atoms with Gasteiger partial charge in [-0.05, 0) is 41.6 Å². The Morgan fingerprint density at radius 1 is 1.24 bits per heavy atom. The van der Waals surface area contributed by atoms with Crippen LogP contribution in [0.5, 0.6) is 0 Å². The highest BCUT2D eigenvalue weighted by Crippen LogP contribution is 2.15. The van der Waals surface area contributed by atoms with Gasteiger partial charge in [0, 0.05) is 18.5 Å². The molecule has 1 aromatic rings. The maximum absolute atomic E-state index is 4.47. The molecule has 1 heterocycles. The highest BCUT2D eigenvalue weighted by molar-refractivity contribution is 9.10. The van der Waals surface area contributed by atoms with Gasteiger partial charge in [0.2, 0.25) is 0 Å². The molecule has 1 unspecified atom stereocenters. The Bertz CT molecular complexity index is 353. The summed E-state index contributed by atoms with van der Waals surface area (Å²) >= 11 is 3.41. The zero-order chi connectivity index (χ0) is 12.8. The molecule has 0 radical (unpaired) electrons. The second-order valence-corrected chi connectivity index (χ2v) is 5.67. The summed E-state index contributed by atoms with van der Waals surface area (Å²) in [6.45, 7) is 8.77. The lowest BCUT2D eigenvalue weighted by molar-refractivity contribution is 0.527. The van der Waals surface area contributed by atoms with E-state index in [-0.39, 0.29) is 0 Å². The molecule has 0 bridgehead atoms. The van der Waals surface area contributed by atoms with Crippen LogP contribution < -0.4 is 5.32 Å². The van der Waals surface area contributed by atoms with E-state index in [2.05, 4.69) is 58.9 Å². The summed E-state index contributed by atoms with van der Waals surface area (Å²) in [5.74, 6) is 2.54. The van der Waals surface area contributed by atoms with E-state index in [1.54, 1.807) is 0 Å². The van der Waals surface area contributed by atoms with Gasteiger partial charge < -0.3 is 5.32 Å². The fourth-order valence-corrected chi connectivity index (χ4v) is 2.03. The molecular weight excluding hydrogens is 278 g/mol. The first kappa shape index (κ1) is 14.4. The quantitative estimate of drug-likeness (QED) is 0.806. The first-order chi connectivity index (χ1) is 8.01. The number of aromatic nitrogens is 2. The third kappa shape index (κ3) is 5.48. The van der Waals surface area contributed by atoms with Crippen molar-refractivity contribution in [2.45, 2.75) is 53.0 Å². The monoisotopic (exact) mass is 299 g/mol. The molecule has 0 amide bonds. The van der Waals surface area contributed by atoms with Crippen LogP contribution in [0.2, 0.25) is 0 Å². The smallest absolute Gasteiger partial charge is 0.131 e. The Morgan fingerprint density at radius 3 is 2.53 bits per heavy atom. The van der Waals surface area contributed by atoms with Gasteiger partial charge in [-0.15, -0.1) is 0 Å². The SMILES string of the molecule is CCc1nc(Br)cc(NC(C)CCC(C)C)n1. The molecule has 3 nitrogen and oxygen atoms in total. The van der Waals surface area contributed by atoms with Crippen molar-refractivity contribution in [1.82, 2.24) is 9.97 Å². The number of halogens is 1. The molecule has 0 spiro atoms. The number of hydrogen-bond donors (Lipinski definition) is 1. The number of nitrogens with zero attached hydrogens (tertiary/aromatic N) is 2. The van der Waals surface area contributed by atoms with Gasteiger partial charge >= 0.3 is 0 Å². The van der Waals surface area contributed by atoms with Crippen LogP contribution in [-0.2, 0) is 6.42 Å². The number of nitrogens with one attached hydrogen (secondary N) is 1. The normalized spacial score (nSPS) is 12.8. The van der Waals surface area contributed by atoms with Crippen molar-refractivity contribution < 1.29 is 0 Å². The Kier molecular flexibility index (Phi) is 5.89. The second kappa shape index (κ2) is 6.94. The molecule has 0 aliphatic rings. The summed E-state index contributed by atoms with van der Waals surface area (Å²) in [4.78, 5) is 8.77. The Morgan fingerprint density at radius 2 is 1.94 bits per heavy atom. The topological polar surface area (TPSA) is 37.8 Å². The van der Waals surface area contributed by atoms with Crippen molar-refractivity contribution in [3.63, 3.8) is 0 Å². The highest BCUT2D eigenvalue weighted by atomic mass is 79.9. The van der Waals surface area contributed by atoms with Crippen LogP contribution in [-0.4, -0.2) is 16.0 Å². The third-order valence-corrected chi connectivity index (χ3v) is 3.03. The van der Waals surface area contributed by atoms with Gasteiger partial charge in [-0.3, -0.25) is 0 Å². The van der Waals surface area contributed by atoms with Crippen LogP contribution in [0.15, 0.2) is 10.7 Å². The summed E-state index contributed by atoms with van der Waals surface area (Å²) in [5.41, 5.74) is 0. The van der Waals surface area contributed by atoms with Gasteiger partial charge in [-0.1, -0.05) is 20.8 Å². The summed E-state index contributed by atoms with van der Waals surface area (Å²) in [6, 6.07) is 2.38. The van der Waals surface area contributed by atoms with E-state index in [9.17, 15) is 0 Å². The molecular formula is C13H22BrN3. The van der Waals surface area contributed by atoms with E-state index in [0.717, 1.165) is 28.6 Å². The molecule has 1 rings (SSSR count). The van der Waals surface area contributed by atoms with Gasteiger partial charge in [-0.2, -0.15) is 0 Å². The van der Waals surface area contributed by atoms with Crippen molar-refractivity contribution in [1.29, 1.82) is 0 Å². The van der Waals surface area contributed by atoms with Crippen LogP contribution >= 0.6 is 15.9 Å². The van der Waals surface area contributed by atoms with E-state index >= 15 is 0 Å². The Balaban J connectivity index is 2.58. The van der Waals surface area contributed by atoms with Crippen molar-refractivity contribution in [2.24, 2.45) is 5.92 Å². The largest absolute Gasteiger partial charge is 0.367 e. The van der Waals surface area contributed by atoms with Gasteiger partial charge in [-0.25, -0.2) is 9.97 Å². The Labute approximate surface area is 113 Å². The van der Waals surface area contributed by atoms with Crippen molar-refractivity contribution >= 4 is 21.7 Å². The minimum absolute atomic E-state index is 0.448.